The van der Waals surface area contributed by atoms with E-state index in [1.165, 1.54) is 0 Å². The molecule has 0 saturated heterocycles. The molecule has 0 atom stereocenters. The van der Waals surface area contributed by atoms with Crippen molar-refractivity contribution in [3.8, 4) is 0 Å². The molecular formula is H30CsGaO20S2+6. The van der Waals surface area contributed by atoms with Crippen molar-refractivity contribution in [2.75, 3.05) is 0 Å². The van der Waals surface area contributed by atoms with Crippen molar-refractivity contribution in [3.63, 3.8) is 0 Å². The van der Waals surface area contributed by atoms with Crippen LogP contribution in [0.2, 0.25) is 0 Å². The number of hydrogen-bond acceptors (Lipinski definition) is 8. The first-order valence-corrected chi connectivity index (χ1v) is 4.00. The van der Waals surface area contributed by atoms with Crippen molar-refractivity contribution in [1.82, 2.24) is 0 Å². The van der Waals surface area contributed by atoms with E-state index in [-0.39, 0.29) is 154 Å². The number of hydrogen-bond donors (Lipinski definition) is 0. The third-order valence-corrected chi connectivity index (χ3v) is 0. The minimum absolute atomic E-state index is 0. The molecule has 30 N–H and O–H groups in total. The molecule has 0 aliphatic carbocycles. The van der Waals surface area contributed by atoms with Crippen molar-refractivity contribution >= 4 is 40.6 Å². The molecule has 24 heteroatoms. The summed E-state index contributed by atoms with van der Waals surface area (Å²) in [6, 6.07) is 0. The average molecular weight is 617 g/mol. The summed E-state index contributed by atoms with van der Waals surface area (Å²) < 4.78 is 68.2. The Morgan fingerprint density at radius 3 is 0.417 bits per heavy atom. The molecule has 0 fully saturated rings. The molecule has 0 spiro atoms. The fraction of sp³-hybridized carbons (Fsp3) is 0. The van der Waals surface area contributed by atoms with Crippen molar-refractivity contribution < 1.29 is 170 Å². The van der Waals surface area contributed by atoms with Gasteiger partial charge in [0.15, 0.2) is 0 Å². The van der Waals surface area contributed by atoms with Gasteiger partial charge in [-0.25, -0.2) is 0 Å². The molecule has 24 heavy (non-hydrogen) atoms. The Hall–Kier alpha value is 1.95. The third kappa shape index (κ3) is 3320. The van der Waals surface area contributed by atoms with Crippen LogP contribution in [0, 0.1) is 0 Å². The van der Waals surface area contributed by atoms with Gasteiger partial charge < -0.3 is 83.9 Å². The van der Waals surface area contributed by atoms with E-state index in [1.807, 2.05) is 0 Å². The molecular weight excluding hydrogens is 587 g/mol. The SMILES string of the molecule is O.O.O.O.O.O.O=S(=O)([O-])[O-].O=S(=O)([O-])[O-].[Cs+].[Ga+3].[OH3+].[OH3+].[OH3+].[OH3+].[OH3+].[OH3+]. The van der Waals surface area contributed by atoms with E-state index in [1.54, 1.807) is 0 Å². The summed E-state index contributed by atoms with van der Waals surface area (Å²) in [5, 5.41) is 0. The molecule has 160 valence electrons. The van der Waals surface area contributed by atoms with Crippen LogP contribution in [0.15, 0.2) is 0 Å². The quantitative estimate of drug-likeness (QED) is 0.108. The minimum atomic E-state index is -5.17. The van der Waals surface area contributed by atoms with E-state index >= 15 is 0 Å². The molecule has 0 aliphatic rings. The zero-order valence-electron chi connectivity index (χ0n) is 12.1. The largest absolute Gasteiger partial charge is 3.00 e. The van der Waals surface area contributed by atoms with Crippen LogP contribution >= 0.6 is 0 Å². The Bertz CT molecular complexity index is 218. The van der Waals surface area contributed by atoms with Gasteiger partial charge in [-0.05, 0) is 0 Å². The van der Waals surface area contributed by atoms with Gasteiger partial charge in [0.25, 0.3) is 0 Å². The molecule has 0 aromatic rings. The molecule has 0 radical (unpaired) electrons. The summed E-state index contributed by atoms with van der Waals surface area (Å²) >= 11 is 0. The molecule has 0 aromatic carbocycles. The first kappa shape index (κ1) is 163. The van der Waals surface area contributed by atoms with E-state index in [0.29, 0.717) is 0 Å². The minimum Gasteiger partial charge on any atom is -0.759 e. The molecule has 0 bridgehead atoms. The van der Waals surface area contributed by atoms with Gasteiger partial charge in [-0.2, -0.15) is 0 Å². The van der Waals surface area contributed by atoms with Crippen molar-refractivity contribution in [2.24, 2.45) is 0 Å². The van der Waals surface area contributed by atoms with E-state index in [4.69, 9.17) is 35.0 Å². The standard InChI is InChI=1S/Cs.Ga.2H2O4S.12H2O/c;;2*1-5(2,3)4;;;;;;;;;;;;/h;;2*(H2,1,2,3,4);12*1H2/q+1;+3;;;;;;;;;;;;;;/p+2. The Labute approximate surface area is 207 Å². The predicted molar refractivity (Wildman–Crippen MR) is 77.6 cm³/mol. The summed E-state index contributed by atoms with van der Waals surface area (Å²) in [5.74, 6) is 0. The van der Waals surface area contributed by atoms with Crippen LogP contribution in [0.1, 0.15) is 0 Å². The van der Waals surface area contributed by atoms with Crippen LogP contribution in [-0.4, -0.2) is 87.7 Å². The van der Waals surface area contributed by atoms with Gasteiger partial charge in [-0.15, -0.1) is 0 Å². The average Bonchev–Trinajstić information content (AvgIpc) is 1.12. The molecule has 0 heterocycles. The van der Waals surface area contributed by atoms with Crippen LogP contribution in [-0.2, 0) is 53.7 Å². The van der Waals surface area contributed by atoms with E-state index in [2.05, 4.69) is 0 Å². The van der Waals surface area contributed by atoms with Gasteiger partial charge in [0.2, 0.25) is 0 Å². The van der Waals surface area contributed by atoms with Gasteiger partial charge in [0.05, 0.1) is 0 Å². The van der Waals surface area contributed by atoms with Gasteiger partial charge in [-0.3, -0.25) is 16.8 Å². The zero-order valence-corrected chi connectivity index (χ0v) is 22.5. The molecule has 0 saturated carbocycles. The number of rotatable bonds is 0. The molecule has 0 aliphatic heterocycles. The second-order valence-corrected chi connectivity index (χ2v) is 2.45. The Balaban J connectivity index is -0.00000000241. The monoisotopic (exact) mass is 616 g/mol. The second-order valence-electron chi connectivity index (χ2n) is 0.816. The fourth-order valence-corrected chi connectivity index (χ4v) is 0. The normalized spacial score (nSPS) is 4.83. The Morgan fingerprint density at radius 2 is 0.417 bits per heavy atom. The van der Waals surface area contributed by atoms with Crippen LogP contribution < -0.4 is 68.9 Å². The van der Waals surface area contributed by atoms with Crippen molar-refractivity contribution in [3.05, 3.63) is 0 Å². The smallest absolute Gasteiger partial charge is 0.759 e. The maximum Gasteiger partial charge on any atom is 3.00 e. The second kappa shape index (κ2) is 73.5. The van der Waals surface area contributed by atoms with Crippen LogP contribution in [0.3, 0.4) is 0 Å². The van der Waals surface area contributed by atoms with Crippen molar-refractivity contribution in [1.29, 1.82) is 0 Å². The zero-order chi connectivity index (χ0) is 9.00. The first-order valence-electron chi connectivity index (χ1n) is 1.33. The molecule has 0 unspecified atom stereocenters. The summed E-state index contributed by atoms with van der Waals surface area (Å²) in [6.07, 6.45) is 0. The van der Waals surface area contributed by atoms with E-state index in [9.17, 15) is 0 Å². The maximum absolute atomic E-state index is 8.52. The summed E-state index contributed by atoms with van der Waals surface area (Å²) in [7, 11) is -10.3. The van der Waals surface area contributed by atoms with E-state index < -0.39 is 20.8 Å². The molecule has 0 amide bonds. The van der Waals surface area contributed by atoms with Gasteiger partial charge in [-0.1, -0.05) is 0 Å². The summed E-state index contributed by atoms with van der Waals surface area (Å²) in [6.45, 7) is 0. The van der Waals surface area contributed by atoms with Gasteiger partial charge in [0.1, 0.15) is 0 Å². The maximum atomic E-state index is 8.52. The Kier molecular flexibility index (Phi) is 500. The topological polar surface area (TPSA) is 548 Å². The molecule has 0 aromatic heterocycles. The van der Waals surface area contributed by atoms with Gasteiger partial charge >= 0.3 is 88.7 Å². The van der Waals surface area contributed by atoms with Crippen LogP contribution in [0.5, 0.6) is 0 Å². The molecule has 20 nitrogen and oxygen atoms in total. The molecule has 0 rings (SSSR count). The first-order chi connectivity index (χ1) is 4.00. The third-order valence-electron chi connectivity index (χ3n) is 0. The van der Waals surface area contributed by atoms with Gasteiger partial charge in [0, 0.05) is 20.8 Å². The van der Waals surface area contributed by atoms with Crippen LogP contribution in [0.25, 0.3) is 0 Å². The van der Waals surface area contributed by atoms with Crippen molar-refractivity contribution in [2.45, 2.75) is 0 Å². The van der Waals surface area contributed by atoms with Crippen LogP contribution in [0.4, 0.5) is 0 Å². The summed E-state index contributed by atoms with van der Waals surface area (Å²) in [5.41, 5.74) is 0. The summed E-state index contributed by atoms with van der Waals surface area (Å²) in [4.78, 5) is 0. The predicted octanol–water partition coefficient (Wildman–Crippen LogP) is -16.5. The van der Waals surface area contributed by atoms with E-state index in [0.717, 1.165) is 0 Å². The Morgan fingerprint density at radius 1 is 0.417 bits per heavy atom. The fourth-order valence-electron chi connectivity index (χ4n) is 0.